The van der Waals surface area contributed by atoms with Crippen molar-refractivity contribution in [3.63, 3.8) is 0 Å². The standard InChI is InChI=1S/C13H18FNO/c1-10(4-3-7-15)8-11-5-6-13(16-2)12(14)9-11/h4-6,9H,3,7-8,15H2,1-2H3. The summed E-state index contributed by atoms with van der Waals surface area (Å²) in [5.74, 6) is -0.0287. The average Bonchev–Trinajstić information content (AvgIpc) is 2.26. The molecular formula is C13H18FNO. The minimum atomic E-state index is -0.313. The summed E-state index contributed by atoms with van der Waals surface area (Å²) in [7, 11) is 1.46. The maximum atomic E-state index is 13.4. The summed E-state index contributed by atoms with van der Waals surface area (Å²) in [4.78, 5) is 0. The number of ether oxygens (including phenoxy) is 1. The molecule has 0 aliphatic carbocycles. The number of hydrogen-bond donors (Lipinski definition) is 1. The highest BCUT2D eigenvalue weighted by molar-refractivity contribution is 5.31. The van der Waals surface area contributed by atoms with Gasteiger partial charge < -0.3 is 10.5 Å². The number of halogens is 1. The molecule has 0 spiro atoms. The van der Waals surface area contributed by atoms with Crippen LogP contribution in [-0.4, -0.2) is 13.7 Å². The fourth-order valence-electron chi connectivity index (χ4n) is 1.54. The van der Waals surface area contributed by atoms with Gasteiger partial charge in [-0.2, -0.15) is 0 Å². The van der Waals surface area contributed by atoms with Crippen molar-refractivity contribution in [2.75, 3.05) is 13.7 Å². The Bertz CT molecular complexity index is 374. The Morgan fingerprint density at radius 1 is 1.50 bits per heavy atom. The van der Waals surface area contributed by atoms with E-state index in [9.17, 15) is 4.39 Å². The number of hydrogen-bond acceptors (Lipinski definition) is 2. The van der Waals surface area contributed by atoms with Gasteiger partial charge in [0.1, 0.15) is 0 Å². The lowest BCUT2D eigenvalue weighted by molar-refractivity contribution is 0.386. The van der Waals surface area contributed by atoms with Crippen LogP contribution in [0.15, 0.2) is 29.8 Å². The largest absolute Gasteiger partial charge is 0.494 e. The van der Waals surface area contributed by atoms with Gasteiger partial charge in [-0.1, -0.05) is 17.7 Å². The molecule has 0 aliphatic rings. The highest BCUT2D eigenvalue weighted by Crippen LogP contribution is 2.19. The zero-order valence-electron chi connectivity index (χ0n) is 9.79. The number of allylic oxidation sites excluding steroid dienone is 1. The second-order valence-corrected chi connectivity index (χ2v) is 3.77. The first-order chi connectivity index (χ1) is 7.67. The van der Waals surface area contributed by atoms with Gasteiger partial charge in [-0.25, -0.2) is 4.39 Å². The summed E-state index contributed by atoms with van der Waals surface area (Å²) in [6, 6.07) is 5.04. The van der Waals surface area contributed by atoms with Crippen molar-refractivity contribution in [2.24, 2.45) is 5.73 Å². The Morgan fingerprint density at radius 2 is 2.25 bits per heavy atom. The molecule has 0 atom stereocenters. The van der Waals surface area contributed by atoms with E-state index in [1.165, 1.54) is 18.7 Å². The summed E-state index contributed by atoms with van der Waals surface area (Å²) >= 11 is 0. The average molecular weight is 223 g/mol. The zero-order chi connectivity index (χ0) is 12.0. The summed E-state index contributed by atoms with van der Waals surface area (Å²) in [6.45, 7) is 2.67. The summed E-state index contributed by atoms with van der Waals surface area (Å²) in [6.07, 6.45) is 3.70. The summed E-state index contributed by atoms with van der Waals surface area (Å²) < 4.78 is 18.3. The van der Waals surface area contributed by atoms with Gasteiger partial charge in [-0.05, 0) is 44.0 Å². The number of nitrogens with two attached hydrogens (primary N) is 1. The van der Waals surface area contributed by atoms with Gasteiger partial charge in [0.15, 0.2) is 11.6 Å². The van der Waals surface area contributed by atoms with Gasteiger partial charge in [0.2, 0.25) is 0 Å². The quantitative estimate of drug-likeness (QED) is 0.779. The van der Waals surface area contributed by atoms with Crippen LogP contribution in [0.1, 0.15) is 18.9 Å². The molecule has 0 amide bonds. The topological polar surface area (TPSA) is 35.2 Å². The fraction of sp³-hybridized carbons (Fsp3) is 0.385. The first-order valence-electron chi connectivity index (χ1n) is 5.35. The van der Waals surface area contributed by atoms with Crippen LogP contribution in [0.4, 0.5) is 4.39 Å². The third-order valence-corrected chi connectivity index (χ3v) is 2.36. The molecular weight excluding hydrogens is 205 g/mol. The van der Waals surface area contributed by atoms with Crippen LogP contribution in [0, 0.1) is 5.82 Å². The molecule has 0 bridgehead atoms. The van der Waals surface area contributed by atoms with Crippen LogP contribution in [0.2, 0.25) is 0 Å². The van der Waals surface area contributed by atoms with Crippen molar-refractivity contribution in [1.82, 2.24) is 0 Å². The molecule has 0 saturated heterocycles. The van der Waals surface area contributed by atoms with E-state index in [-0.39, 0.29) is 11.6 Å². The lowest BCUT2D eigenvalue weighted by Gasteiger charge is -2.05. The first kappa shape index (κ1) is 12.7. The monoisotopic (exact) mass is 223 g/mol. The Balaban J connectivity index is 2.71. The molecule has 88 valence electrons. The SMILES string of the molecule is COc1ccc(CC(C)=CCCN)cc1F. The molecule has 1 aromatic rings. The van der Waals surface area contributed by atoms with Crippen LogP contribution in [0.25, 0.3) is 0 Å². The molecule has 2 nitrogen and oxygen atoms in total. The van der Waals surface area contributed by atoms with Crippen LogP contribution >= 0.6 is 0 Å². The molecule has 1 aromatic carbocycles. The molecule has 2 N–H and O–H groups in total. The molecule has 16 heavy (non-hydrogen) atoms. The normalized spacial score (nSPS) is 11.6. The third kappa shape index (κ3) is 3.66. The van der Waals surface area contributed by atoms with Gasteiger partial charge in [-0.3, -0.25) is 0 Å². The van der Waals surface area contributed by atoms with Crippen LogP contribution in [-0.2, 0) is 6.42 Å². The van der Waals surface area contributed by atoms with Gasteiger partial charge in [0.25, 0.3) is 0 Å². The molecule has 0 radical (unpaired) electrons. The molecule has 3 heteroatoms. The van der Waals surface area contributed by atoms with E-state index in [0.717, 1.165) is 18.4 Å². The summed E-state index contributed by atoms with van der Waals surface area (Å²) in [5.41, 5.74) is 7.56. The van der Waals surface area contributed by atoms with E-state index >= 15 is 0 Å². The minimum Gasteiger partial charge on any atom is -0.494 e. The highest BCUT2D eigenvalue weighted by Gasteiger charge is 2.03. The molecule has 1 rings (SSSR count). The van der Waals surface area contributed by atoms with Crippen molar-refractivity contribution < 1.29 is 9.13 Å². The fourth-order valence-corrected chi connectivity index (χ4v) is 1.54. The van der Waals surface area contributed by atoms with E-state index in [0.29, 0.717) is 6.54 Å². The minimum absolute atomic E-state index is 0.285. The molecule has 0 saturated carbocycles. The predicted molar refractivity (Wildman–Crippen MR) is 64.1 cm³/mol. The summed E-state index contributed by atoms with van der Waals surface area (Å²) in [5, 5.41) is 0. The zero-order valence-corrected chi connectivity index (χ0v) is 9.79. The molecule has 0 heterocycles. The van der Waals surface area contributed by atoms with E-state index in [2.05, 4.69) is 6.08 Å². The van der Waals surface area contributed by atoms with Crippen molar-refractivity contribution in [2.45, 2.75) is 19.8 Å². The van der Waals surface area contributed by atoms with Crippen molar-refractivity contribution >= 4 is 0 Å². The van der Waals surface area contributed by atoms with Gasteiger partial charge in [0, 0.05) is 0 Å². The van der Waals surface area contributed by atoms with Gasteiger partial charge in [-0.15, -0.1) is 0 Å². The second kappa shape index (κ2) is 6.28. The number of rotatable bonds is 5. The van der Waals surface area contributed by atoms with Crippen molar-refractivity contribution in [1.29, 1.82) is 0 Å². The number of methoxy groups -OCH3 is 1. The molecule has 0 unspecified atom stereocenters. The smallest absolute Gasteiger partial charge is 0.165 e. The van der Waals surface area contributed by atoms with Crippen LogP contribution < -0.4 is 10.5 Å². The van der Waals surface area contributed by atoms with Crippen LogP contribution in [0.3, 0.4) is 0 Å². The maximum absolute atomic E-state index is 13.4. The first-order valence-corrected chi connectivity index (χ1v) is 5.35. The maximum Gasteiger partial charge on any atom is 0.165 e. The highest BCUT2D eigenvalue weighted by atomic mass is 19.1. The Hall–Kier alpha value is -1.35. The predicted octanol–water partition coefficient (Wildman–Crippen LogP) is 2.67. The Morgan fingerprint density at radius 3 is 2.81 bits per heavy atom. The van der Waals surface area contributed by atoms with E-state index in [1.807, 2.05) is 13.0 Å². The Kier molecular flexibility index (Phi) is 4.99. The Labute approximate surface area is 95.9 Å². The van der Waals surface area contributed by atoms with E-state index < -0.39 is 0 Å². The second-order valence-electron chi connectivity index (χ2n) is 3.77. The van der Waals surface area contributed by atoms with Gasteiger partial charge in [0.05, 0.1) is 7.11 Å². The van der Waals surface area contributed by atoms with Crippen molar-refractivity contribution in [3.8, 4) is 5.75 Å². The molecule has 0 aliphatic heterocycles. The third-order valence-electron chi connectivity index (χ3n) is 2.36. The lowest BCUT2D eigenvalue weighted by atomic mass is 10.1. The lowest BCUT2D eigenvalue weighted by Crippen LogP contribution is -1.97. The van der Waals surface area contributed by atoms with E-state index in [4.69, 9.17) is 10.5 Å². The van der Waals surface area contributed by atoms with Gasteiger partial charge >= 0.3 is 0 Å². The molecule has 0 aromatic heterocycles. The number of benzene rings is 1. The van der Waals surface area contributed by atoms with E-state index in [1.54, 1.807) is 6.07 Å². The molecule has 0 fully saturated rings. The van der Waals surface area contributed by atoms with Crippen LogP contribution in [0.5, 0.6) is 5.75 Å². The van der Waals surface area contributed by atoms with Crippen molar-refractivity contribution in [3.05, 3.63) is 41.2 Å².